The number of rotatable bonds is 11. The van der Waals surface area contributed by atoms with Crippen LogP contribution in [0.3, 0.4) is 0 Å². The molecule has 0 saturated carbocycles. The van der Waals surface area contributed by atoms with Gasteiger partial charge in [0.1, 0.15) is 17.5 Å². The van der Waals surface area contributed by atoms with Gasteiger partial charge in [-0.05, 0) is 27.7 Å². The van der Waals surface area contributed by atoms with Gasteiger partial charge in [-0.25, -0.2) is 9.97 Å². The second-order valence-electron chi connectivity index (χ2n) is 4.57. The molecule has 0 radical (unpaired) electrons. The highest BCUT2D eigenvalue weighted by Gasteiger charge is 2.10. The van der Waals surface area contributed by atoms with Crippen LogP contribution in [0.5, 0.6) is 0 Å². The van der Waals surface area contributed by atoms with Crippen molar-refractivity contribution >= 4 is 11.6 Å². The molecule has 1 aromatic heterocycles. The van der Waals surface area contributed by atoms with Gasteiger partial charge in [0.25, 0.3) is 0 Å². The molecule has 6 nitrogen and oxygen atoms in total. The third-order valence-electron chi connectivity index (χ3n) is 2.93. The highest BCUT2D eigenvalue weighted by atomic mass is 16.5. The van der Waals surface area contributed by atoms with Gasteiger partial charge in [0.2, 0.25) is 0 Å². The molecule has 0 unspecified atom stereocenters. The summed E-state index contributed by atoms with van der Waals surface area (Å²) in [6, 6.07) is 1.98. The quantitative estimate of drug-likeness (QED) is 0.631. The zero-order valence-electron chi connectivity index (χ0n) is 13.7. The van der Waals surface area contributed by atoms with Crippen LogP contribution in [0.4, 0.5) is 11.6 Å². The van der Waals surface area contributed by atoms with E-state index >= 15 is 0 Å². The number of ether oxygens (including phenoxy) is 2. The first-order chi connectivity index (χ1) is 10.2. The Kier molecular flexibility index (Phi) is 8.69. The Labute approximate surface area is 127 Å². The molecular formula is C15H28N4O2. The molecule has 1 aromatic rings. The summed E-state index contributed by atoms with van der Waals surface area (Å²) >= 11 is 0. The summed E-state index contributed by atoms with van der Waals surface area (Å²) in [6.07, 6.45) is 0. The number of nitrogens with zero attached hydrogens (tertiary/aromatic N) is 3. The number of anilines is 2. The number of nitrogens with one attached hydrogen (secondary N) is 1. The highest BCUT2D eigenvalue weighted by Crippen LogP contribution is 2.15. The van der Waals surface area contributed by atoms with Gasteiger partial charge in [-0.1, -0.05) is 0 Å². The van der Waals surface area contributed by atoms with Gasteiger partial charge in [-0.2, -0.15) is 0 Å². The van der Waals surface area contributed by atoms with Crippen LogP contribution in [0, 0.1) is 6.92 Å². The van der Waals surface area contributed by atoms with Gasteiger partial charge >= 0.3 is 0 Å². The highest BCUT2D eigenvalue weighted by molar-refractivity contribution is 5.49. The van der Waals surface area contributed by atoms with Gasteiger partial charge in [-0.15, -0.1) is 0 Å². The van der Waals surface area contributed by atoms with Crippen molar-refractivity contribution in [3.05, 3.63) is 11.9 Å². The average Bonchev–Trinajstić information content (AvgIpc) is 2.46. The summed E-state index contributed by atoms with van der Waals surface area (Å²) < 4.78 is 10.9. The van der Waals surface area contributed by atoms with E-state index in [1.807, 2.05) is 26.8 Å². The fourth-order valence-corrected chi connectivity index (χ4v) is 1.96. The molecule has 0 saturated heterocycles. The summed E-state index contributed by atoms with van der Waals surface area (Å²) in [7, 11) is 0. The lowest BCUT2D eigenvalue weighted by atomic mass is 10.4. The van der Waals surface area contributed by atoms with E-state index < -0.39 is 0 Å². The lowest BCUT2D eigenvalue weighted by Crippen LogP contribution is -2.32. The zero-order chi connectivity index (χ0) is 15.5. The van der Waals surface area contributed by atoms with Crippen LogP contribution in [-0.2, 0) is 9.47 Å². The molecule has 1 N–H and O–H groups in total. The maximum Gasteiger partial charge on any atom is 0.134 e. The zero-order valence-corrected chi connectivity index (χ0v) is 13.7. The molecule has 6 heteroatoms. The normalized spacial score (nSPS) is 10.7. The number of aryl methyl sites for hydroxylation is 1. The van der Waals surface area contributed by atoms with Crippen molar-refractivity contribution in [2.75, 3.05) is 56.3 Å². The molecule has 120 valence electrons. The van der Waals surface area contributed by atoms with E-state index in [2.05, 4.69) is 27.1 Å². The first-order valence-corrected chi connectivity index (χ1v) is 7.71. The molecular weight excluding hydrogens is 268 g/mol. The molecule has 1 rings (SSSR count). The third-order valence-corrected chi connectivity index (χ3v) is 2.93. The van der Waals surface area contributed by atoms with Crippen LogP contribution in [0.25, 0.3) is 0 Å². The van der Waals surface area contributed by atoms with E-state index in [-0.39, 0.29) is 0 Å². The minimum atomic E-state index is 0.683. The minimum Gasteiger partial charge on any atom is -0.380 e. The molecule has 0 spiro atoms. The molecule has 0 amide bonds. The average molecular weight is 296 g/mol. The van der Waals surface area contributed by atoms with E-state index in [0.29, 0.717) is 13.2 Å². The molecule has 0 aliphatic rings. The topological polar surface area (TPSA) is 59.5 Å². The van der Waals surface area contributed by atoms with Gasteiger partial charge in [0, 0.05) is 38.9 Å². The first kappa shape index (κ1) is 17.7. The molecule has 1 heterocycles. The van der Waals surface area contributed by atoms with Crippen LogP contribution in [0.2, 0.25) is 0 Å². The van der Waals surface area contributed by atoms with Crippen molar-refractivity contribution in [2.24, 2.45) is 0 Å². The molecule has 0 aliphatic carbocycles. The summed E-state index contributed by atoms with van der Waals surface area (Å²) in [5.74, 6) is 2.54. The van der Waals surface area contributed by atoms with Gasteiger partial charge in [-0.3, -0.25) is 0 Å². The van der Waals surface area contributed by atoms with Crippen molar-refractivity contribution in [1.82, 2.24) is 9.97 Å². The standard InChI is InChI=1S/C15H28N4O2/c1-5-16-14-12-15(18-13(4)17-14)19(8-10-20-6-2)9-11-21-7-3/h12H,5-11H2,1-4H3,(H,16,17,18). The molecule has 0 bridgehead atoms. The molecule has 0 aliphatic heterocycles. The first-order valence-electron chi connectivity index (χ1n) is 7.71. The SMILES string of the molecule is CCNc1cc(N(CCOCC)CCOCC)nc(C)n1. The Hall–Kier alpha value is -1.40. The second kappa shape index (κ2) is 10.3. The van der Waals surface area contributed by atoms with Gasteiger partial charge in [0.15, 0.2) is 0 Å². The Balaban J connectivity index is 2.78. The summed E-state index contributed by atoms with van der Waals surface area (Å²) in [5.41, 5.74) is 0. The van der Waals surface area contributed by atoms with Crippen LogP contribution in [-0.4, -0.2) is 56.0 Å². The lowest BCUT2D eigenvalue weighted by Gasteiger charge is -2.24. The van der Waals surface area contributed by atoms with Crippen molar-refractivity contribution in [1.29, 1.82) is 0 Å². The smallest absolute Gasteiger partial charge is 0.134 e. The van der Waals surface area contributed by atoms with Crippen LogP contribution in [0.15, 0.2) is 6.07 Å². The fourth-order valence-electron chi connectivity index (χ4n) is 1.96. The Morgan fingerprint density at radius 2 is 1.67 bits per heavy atom. The summed E-state index contributed by atoms with van der Waals surface area (Å²) in [6.45, 7) is 13.2. The second-order valence-corrected chi connectivity index (χ2v) is 4.57. The predicted molar refractivity (Wildman–Crippen MR) is 86.1 cm³/mol. The van der Waals surface area contributed by atoms with Crippen molar-refractivity contribution in [2.45, 2.75) is 27.7 Å². The number of hydrogen-bond acceptors (Lipinski definition) is 6. The maximum atomic E-state index is 5.46. The largest absolute Gasteiger partial charge is 0.380 e. The molecule has 0 fully saturated rings. The predicted octanol–water partition coefficient (Wildman–Crippen LogP) is 2.10. The van der Waals surface area contributed by atoms with Crippen LogP contribution in [0.1, 0.15) is 26.6 Å². The Bertz CT molecular complexity index is 391. The monoisotopic (exact) mass is 296 g/mol. The van der Waals surface area contributed by atoms with E-state index in [4.69, 9.17) is 9.47 Å². The Morgan fingerprint density at radius 3 is 2.19 bits per heavy atom. The third kappa shape index (κ3) is 6.73. The van der Waals surface area contributed by atoms with Crippen molar-refractivity contribution in [3.8, 4) is 0 Å². The van der Waals surface area contributed by atoms with Gasteiger partial charge < -0.3 is 19.7 Å². The molecule has 0 aromatic carbocycles. The minimum absolute atomic E-state index is 0.683. The maximum absolute atomic E-state index is 5.46. The Morgan fingerprint density at radius 1 is 1.05 bits per heavy atom. The van der Waals surface area contributed by atoms with Crippen LogP contribution >= 0.6 is 0 Å². The molecule has 0 atom stereocenters. The van der Waals surface area contributed by atoms with E-state index in [1.54, 1.807) is 0 Å². The number of hydrogen-bond donors (Lipinski definition) is 1. The van der Waals surface area contributed by atoms with E-state index in [0.717, 1.165) is 50.3 Å². The van der Waals surface area contributed by atoms with E-state index in [1.165, 1.54) is 0 Å². The summed E-state index contributed by atoms with van der Waals surface area (Å²) in [5, 5.41) is 3.24. The van der Waals surface area contributed by atoms with Crippen molar-refractivity contribution < 1.29 is 9.47 Å². The summed E-state index contributed by atoms with van der Waals surface area (Å²) in [4.78, 5) is 11.1. The van der Waals surface area contributed by atoms with E-state index in [9.17, 15) is 0 Å². The van der Waals surface area contributed by atoms with Crippen molar-refractivity contribution in [3.63, 3.8) is 0 Å². The van der Waals surface area contributed by atoms with Crippen LogP contribution < -0.4 is 10.2 Å². The lowest BCUT2D eigenvalue weighted by molar-refractivity contribution is 0.141. The fraction of sp³-hybridized carbons (Fsp3) is 0.733. The number of aromatic nitrogens is 2. The molecule has 21 heavy (non-hydrogen) atoms. The van der Waals surface area contributed by atoms with Gasteiger partial charge in [0.05, 0.1) is 13.2 Å².